The van der Waals surface area contributed by atoms with E-state index in [2.05, 4.69) is 10.4 Å². The van der Waals surface area contributed by atoms with E-state index < -0.39 is 0 Å². The number of nitrogens with one attached hydrogen (secondary N) is 1. The van der Waals surface area contributed by atoms with E-state index in [1.807, 2.05) is 0 Å². The third-order valence-electron chi connectivity index (χ3n) is 2.93. The van der Waals surface area contributed by atoms with Crippen molar-refractivity contribution in [1.29, 1.82) is 0 Å². The summed E-state index contributed by atoms with van der Waals surface area (Å²) >= 11 is 0. The monoisotopic (exact) mass is 247 g/mol. The Bertz CT molecular complexity index is 535. The van der Waals surface area contributed by atoms with Crippen molar-refractivity contribution in [2.75, 3.05) is 6.54 Å². The maximum Gasteiger partial charge on any atom is 0.160 e. The highest BCUT2D eigenvalue weighted by molar-refractivity contribution is 5.32. The number of hydrogen-bond acceptors (Lipinski definition) is 3. The molecule has 1 N–H and O–H groups in total. The van der Waals surface area contributed by atoms with Crippen LogP contribution in [0.25, 0.3) is 5.69 Å². The van der Waals surface area contributed by atoms with Gasteiger partial charge in [0, 0.05) is 0 Å². The van der Waals surface area contributed by atoms with Gasteiger partial charge < -0.3 is 4.74 Å². The summed E-state index contributed by atoms with van der Waals surface area (Å²) in [6.07, 6.45) is 5.60. The molecule has 0 spiro atoms. The summed E-state index contributed by atoms with van der Waals surface area (Å²) in [7, 11) is 0. The zero-order valence-electron chi connectivity index (χ0n) is 9.84. The second kappa shape index (κ2) is 4.78. The first-order chi connectivity index (χ1) is 8.81. The number of benzene rings is 1. The van der Waals surface area contributed by atoms with Gasteiger partial charge in [0.15, 0.2) is 5.75 Å². The van der Waals surface area contributed by atoms with Crippen LogP contribution in [0.5, 0.6) is 5.75 Å². The molecule has 0 radical (unpaired) electrons. The molecule has 0 bridgehead atoms. The number of ether oxygens (including phenoxy) is 1. The van der Waals surface area contributed by atoms with E-state index in [-0.39, 0.29) is 12.0 Å². The van der Waals surface area contributed by atoms with Gasteiger partial charge in [0.1, 0.15) is 12.0 Å². The fourth-order valence-corrected chi connectivity index (χ4v) is 2.04. The van der Waals surface area contributed by atoms with Crippen LogP contribution in [0.2, 0.25) is 0 Å². The molecular formula is C13H14FN3O. The molecular weight excluding hydrogens is 233 g/mol. The zero-order chi connectivity index (χ0) is 12.4. The van der Waals surface area contributed by atoms with Crippen molar-refractivity contribution >= 4 is 0 Å². The van der Waals surface area contributed by atoms with Crippen LogP contribution >= 0.6 is 0 Å². The van der Waals surface area contributed by atoms with Crippen LogP contribution < -0.4 is 10.1 Å². The zero-order valence-corrected chi connectivity index (χ0v) is 9.84. The van der Waals surface area contributed by atoms with Gasteiger partial charge in [-0.2, -0.15) is 5.10 Å². The van der Waals surface area contributed by atoms with E-state index in [0.717, 1.165) is 19.4 Å². The lowest BCUT2D eigenvalue weighted by Crippen LogP contribution is -2.27. The molecule has 5 heteroatoms. The first-order valence-corrected chi connectivity index (χ1v) is 6.02. The summed E-state index contributed by atoms with van der Waals surface area (Å²) in [5, 5.41) is 7.41. The highest BCUT2D eigenvalue weighted by atomic mass is 19.1. The van der Waals surface area contributed by atoms with Crippen molar-refractivity contribution in [2.45, 2.75) is 19.1 Å². The van der Waals surface area contributed by atoms with Crippen molar-refractivity contribution in [2.24, 2.45) is 0 Å². The molecule has 1 aliphatic rings. The molecule has 3 rings (SSSR count). The second-order valence-electron chi connectivity index (χ2n) is 4.30. The van der Waals surface area contributed by atoms with Crippen molar-refractivity contribution < 1.29 is 9.13 Å². The minimum atomic E-state index is -0.275. The molecule has 1 fully saturated rings. The first-order valence-electron chi connectivity index (χ1n) is 6.02. The molecule has 1 aromatic carbocycles. The minimum absolute atomic E-state index is 0.0650. The molecule has 18 heavy (non-hydrogen) atoms. The summed E-state index contributed by atoms with van der Waals surface area (Å²) in [6.45, 7) is 0.989. The van der Waals surface area contributed by atoms with Gasteiger partial charge in [0.25, 0.3) is 0 Å². The highest BCUT2D eigenvalue weighted by Gasteiger charge is 2.16. The molecule has 0 saturated carbocycles. The Hall–Kier alpha value is -1.88. The van der Waals surface area contributed by atoms with Gasteiger partial charge in [-0.05, 0) is 37.6 Å². The predicted octanol–water partition coefficient (Wildman–Crippen LogP) is 2.10. The molecule has 2 aromatic rings. The van der Waals surface area contributed by atoms with Gasteiger partial charge in [0.05, 0.1) is 18.1 Å². The number of nitrogens with zero attached hydrogens (tertiary/aromatic N) is 2. The summed E-state index contributed by atoms with van der Waals surface area (Å²) in [5.41, 5.74) is 0.684. The van der Waals surface area contributed by atoms with Gasteiger partial charge in [-0.25, -0.2) is 9.07 Å². The van der Waals surface area contributed by atoms with Gasteiger partial charge in [-0.1, -0.05) is 6.07 Å². The van der Waals surface area contributed by atoms with Crippen LogP contribution in [0.15, 0.2) is 36.7 Å². The fraction of sp³-hybridized carbons (Fsp3) is 0.308. The Labute approximate surface area is 104 Å². The molecule has 1 unspecified atom stereocenters. The maximum absolute atomic E-state index is 13.1. The van der Waals surface area contributed by atoms with Crippen molar-refractivity contribution in [1.82, 2.24) is 15.1 Å². The normalized spacial score (nSPS) is 19.1. The van der Waals surface area contributed by atoms with E-state index in [9.17, 15) is 4.39 Å². The van der Waals surface area contributed by atoms with Crippen LogP contribution in [-0.2, 0) is 0 Å². The Morgan fingerprint density at radius 1 is 1.44 bits per heavy atom. The third kappa shape index (κ3) is 2.36. The summed E-state index contributed by atoms with van der Waals surface area (Å²) in [5.74, 6) is 0.418. The number of halogens is 1. The molecule has 0 aliphatic carbocycles. The first kappa shape index (κ1) is 11.2. The Morgan fingerprint density at radius 3 is 3.17 bits per heavy atom. The lowest BCUT2D eigenvalue weighted by atomic mass is 10.3. The lowest BCUT2D eigenvalue weighted by Gasteiger charge is -2.10. The number of aromatic nitrogens is 2. The largest absolute Gasteiger partial charge is 0.472 e. The average molecular weight is 247 g/mol. The van der Waals surface area contributed by atoms with E-state index in [1.54, 1.807) is 29.2 Å². The van der Waals surface area contributed by atoms with Crippen LogP contribution in [0, 0.1) is 5.82 Å². The number of hydrogen-bond donors (Lipinski definition) is 1. The molecule has 1 aromatic heterocycles. The summed E-state index contributed by atoms with van der Waals surface area (Å²) in [4.78, 5) is 0. The molecule has 94 valence electrons. The van der Waals surface area contributed by atoms with E-state index in [1.165, 1.54) is 12.1 Å². The van der Waals surface area contributed by atoms with Gasteiger partial charge in [-0.15, -0.1) is 0 Å². The fourth-order valence-electron chi connectivity index (χ4n) is 2.04. The van der Waals surface area contributed by atoms with Crippen molar-refractivity contribution in [3.05, 3.63) is 42.5 Å². The Kier molecular flexibility index (Phi) is 2.98. The van der Waals surface area contributed by atoms with Gasteiger partial charge in [0.2, 0.25) is 0 Å². The quantitative estimate of drug-likeness (QED) is 0.902. The SMILES string of the molecule is Fc1cccc(-n2cc(OC3CCCN3)cn2)c1. The molecule has 4 nitrogen and oxygen atoms in total. The van der Waals surface area contributed by atoms with Crippen LogP contribution in [0.1, 0.15) is 12.8 Å². The average Bonchev–Trinajstić information content (AvgIpc) is 3.01. The topological polar surface area (TPSA) is 39.1 Å². The van der Waals surface area contributed by atoms with Crippen LogP contribution in [0.3, 0.4) is 0 Å². The molecule has 2 heterocycles. The standard InChI is InChI=1S/C13H14FN3O/c14-10-3-1-4-11(7-10)17-9-12(8-16-17)18-13-5-2-6-15-13/h1,3-4,7-9,13,15H,2,5-6H2. The summed E-state index contributed by atoms with van der Waals surface area (Å²) < 4.78 is 20.4. The molecule has 0 amide bonds. The Morgan fingerprint density at radius 2 is 2.39 bits per heavy atom. The predicted molar refractivity (Wildman–Crippen MR) is 65.2 cm³/mol. The maximum atomic E-state index is 13.1. The smallest absolute Gasteiger partial charge is 0.160 e. The highest BCUT2D eigenvalue weighted by Crippen LogP contribution is 2.17. The second-order valence-corrected chi connectivity index (χ2v) is 4.30. The van der Waals surface area contributed by atoms with Gasteiger partial charge >= 0.3 is 0 Å². The number of rotatable bonds is 3. The van der Waals surface area contributed by atoms with E-state index in [0.29, 0.717) is 11.4 Å². The lowest BCUT2D eigenvalue weighted by molar-refractivity contribution is 0.187. The minimum Gasteiger partial charge on any atom is -0.472 e. The van der Waals surface area contributed by atoms with Crippen LogP contribution in [0.4, 0.5) is 4.39 Å². The summed E-state index contributed by atoms with van der Waals surface area (Å²) in [6, 6.07) is 6.30. The van der Waals surface area contributed by atoms with Crippen LogP contribution in [-0.4, -0.2) is 22.6 Å². The van der Waals surface area contributed by atoms with Crippen molar-refractivity contribution in [3.63, 3.8) is 0 Å². The third-order valence-corrected chi connectivity index (χ3v) is 2.93. The molecule has 1 atom stereocenters. The van der Waals surface area contributed by atoms with E-state index >= 15 is 0 Å². The van der Waals surface area contributed by atoms with E-state index in [4.69, 9.17) is 4.74 Å². The molecule has 1 saturated heterocycles. The Balaban J connectivity index is 1.76. The van der Waals surface area contributed by atoms with Crippen molar-refractivity contribution in [3.8, 4) is 11.4 Å². The molecule has 1 aliphatic heterocycles. The van der Waals surface area contributed by atoms with Gasteiger partial charge in [-0.3, -0.25) is 5.32 Å².